The second-order valence-corrected chi connectivity index (χ2v) is 9.61. The summed E-state index contributed by atoms with van der Waals surface area (Å²) in [5, 5.41) is 3.96. The van der Waals surface area contributed by atoms with E-state index < -0.39 is 0 Å². The highest BCUT2D eigenvalue weighted by atomic mass is 79.9. The van der Waals surface area contributed by atoms with Crippen LogP contribution in [0.2, 0.25) is 0 Å². The van der Waals surface area contributed by atoms with Gasteiger partial charge in [0.1, 0.15) is 5.69 Å². The molecule has 3 aromatic rings. The summed E-state index contributed by atoms with van der Waals surface area (Å²) in [7, 11) is 0. The summed E-state index contributed by atoms with van der Waals surface area (Å²) >= 11 is 6.94. The molecule has 2 atom stereocenters. The van der Waals surface area contributed by atoms with E-state index in [2.05, 4.69) is 54.1 Å². The van der Waals surface area contributed by atoms with Crippen molar-refractivity contribution < 1.29 is 9.59 Å². The monoisotopic (exact) mass is 544 g/mol. The number of benzene rings is 1. The first-order valence-electron chi connectivity index (χ1n) is 10.1. The molecule has 2 unspecified atom stereocenters. The van der Waals surface area contributed by atoms with Crippen LogP contribution in [0.4, 0.5) is 0 Å². The lowest BCUT2D eigenvalue weighted by molar-refractivity contribution is 0.0623. The third-order valence-corrected chi connectivity index (χ3v) is 7.29. The molecule has 1 N–H and O–H groups in total. The Morgan fingerprint density at radius 3 is 2.74 bits per heavy atom. The molecule has 1 aliphatic rings. The maximum absolute atomic E-state index is 13.1. The molecule has 31 heavy (non-hydrogen) atoms. The maximum Gasteiger partial charge on any atom is 0.270 e. The molecular weight excluding hydrogens is 524 g/mol. The number of fused-ring (bicyclic) bond motifs is 1. The van der Waals surface area contributed by atoms with Crippen molar-refractivity contribution >= 4 is 54.6 Å². The normalized spacial score (nSPS) is 18.8. The number of nitrogens with zero attached hydrogens (tertiary/aromatic N) is 3. The van der Waals surface area contributed by atoms with Gasteiger partial charge in [0, 0.05) is 46.9 Å². The van der Waals surface area contributed by atoms with Crippen molar-refractivity contribution in [3.05, 3.63) is 68.5 Å². The van der Waals surface area contributed by atoms with Crippen LogP contribution in [0.15, 0.2) is 51.7 Å². The highest BCUT2D eigenvalue weighted by molar-refractivity contribution is 9.11. The molecule has 2 amide bonds. The molecular formula is C23H22Br2N4O2. The zero-order chi connectivity index (χ0) is 22.1. The Morgan fingerprint density at radius 1 is 1.13 bits per heavy atom. The van der Waals surface area contributed by atoms with Crippen LogP contribution in [0.1, 0.15) is 39.8 Å². The van der Waals surface area contributed by atoms with Crippen molar-refractivity contribution in [1.82, 2.24) is 20.2 Å². The van der Waals surface area contributed by atoms with Crippen LogP contribution < -0.4 is 5.32 Å². The van der Waals surface area contributed by atoms with Gasteiger partial charge in [-0.1, -0.05) is 28.9 Å². The summed E-state index contributed by atoms with van der Waals surface area (Å²) in [6, 6.07) is 9.04. The number of rotatable bonds is 3. The molecule has 1 fully saturated rings. The van der Waals surface area contributed by atoms with Crippen LogP contribution in [-0.4, -0.2) is 45.8 Å². The minimum atomic E-state index is -0.240. The minimum Gasteiger partial charge on any atom is -0.346 e. The van der Waals surface area contributed by atoms with Crippen LogP contribution in [0.3, 0.4) is 0 Å². The Balaban J connectivity index is 1.51. The fourth-order valence-electron chi connectivity index (χ4n) is 3.83. The molecule has 4 rings (SSSR count). The van der Waals surface area contributed by atoms with Gasteiger partial charge in [-0.2, -0.15) is 0 Å². The molecule has 1 aromatic carbocycles. The molecule has 160 valence electrons. The van der Waals surface area contributed by atoms with Gasteiger partial charge in [-0.15, -0.1) is 0 Å². The van der Waals surface area contributed by atoms with Crippen molar-refractivity contribution in [3.8, 4) is 0 Å². The van der Waals surface area contributed by atoms with Gasteiger partial charge in [-0.25, -0.2) is 4.98 Å². The quantitative estimate of drug-likeness (QED) is 0.515. The van der Waals surface area contributed by atoms with E-state index in [1.54, 1.807) is 18.5 Å². The van der Waals surface area contributed by atoms with E-state index >= 15 is 0 Å². The number of amides is 2. The van der Waals surface area contributed by atoms with Crippen LogP contribution in [0, 0.1) is 12.8 Å². The van der Waals surface area contributed by atoms with E-state index in [-0.39, 0.29) is 23.8 Å². The largest absolute Gasteiger partial charge is 0.346 e. The van der Waals surface area contributed by atoms with Crippen LogP contribution in [-0.2, 0) is 0 Å². The number of hydrogen-bond acceptors (Lipinski definition) is 4. The predicted molar refractivity (Wildman–Crippen MR) is 127 cm³/mol. The first kappa shape index (κ1) is 21.9. The topological polar surface area (TPSA) is 75.2 Å². The van der Waals surface area contributed by atoms with Crippen molar-refractivity contribution in [2.24, 2.45) is 5.92 Å². The van der Waals surface area contributed by atoms with E-state index in [9.17, 15) is 9.59 Å². The van der Waals surface area contributed by atoms with Gasteiger partial charge in [-0.3, -0.25) is 14.6 Å². The Labute approximate surface area is 197 Å². The van der Waals surface area contributed by atoms with Gasteiger partial charge in [0.15, 0.2) is 0 Å². The fourth-order valence-corrected chi connectivity index (χ4v) is 4.63. The second kappa shape index (κ2) is 9.04. The summed E-state index contributed by atoms with van der Waals surface area (Å²) in [4.78, 5) is 36.5. The lowest BCUT2D eigenvalue weighted by atomic mass is 9.92. The van der Waals surface area contributed by atoms with Crippen LogP contribution in [0.5, 0.6) is 0 Å². The SMILES string of the molecule is Cc1c(Br)cccc1C(=O)N1CCC(C)C(NC(=O)c2ccc3cncc(Br)c3n2)C1. The van der Waals surface area contributed by atoms with Crippen LogP contribution in [0.25, 0.3) is 10.9 Å². The molecule has 0 aliphatic carbocycles. The maximum atomic E-state index is 13.1. The number of aromatic nitrogens is 2. The van der Waals surface area contributed by atoms with Crippen molar-refractivity contribution in [1.29, 1.82) is 0 Å². The number of carbonyl (C=O) groups excluding carboxylic acids is 2. The smallest absolute Gasteiger partial charge is 0.270 e. The second-order valence-electron chi connectivity index (χ2n) is 7.90. The first-order chi connectivity index (χ1) is 14.8. The van der Waals surface area contributed by atoms with E-state index in [1.807, 2.05) is 36.1 Å². The number of pyridine rings is 2. The third-order valence-electron chi connectivity index (χ3n) is 5.85. The number of likely N-dealkylation sites (tertiary alicyclic amines) is 1. The Morgan fingerprint density at radius 2 is 1.94 bits per heavy atom. The van der Waals surface area contributed by atoms with Gasteiger partial charge in [-0.05, 0) is 65.0 Å². The van der Waals surface area contributed by atoms with E-state index in [0.717, 1.165) is 26.3 Å². The average molecular weight is 546 g/mol. The Bertz CT molecular complexity index is 1170. The van der Waals surface area contributed by atoms with Gasteiger partial charge in [0.25, 0.3) is 11.8 Å². The predicted octanol–water partition coefficient (Wildman–Crippen LogP) is 4.74. The Kier molecular flexibility index (Phi) is 6.39. The first-order valence-corrected chi connectivity index (χ1v) is 11.7. The number of piperidine rings is 1. The summed E-state index contributed by atoms with van der Waals surface area (Å²) in [5.41, 5.74) is 2.65. The van der Waals surface area contributed by atoms with Gasteiger partial charge in [0.05, 0.1) is 9.99 Å². The molecule has 0 saturated carbocycles. The fraction of sp³-hybridized carbons (Fsp3) is 0.304. The number of halogens is 2. The number of nitrogens with one attached hydrogen (secondary N) is 1. The van der Waals surface area contributed by atoms with Crippen molar-refractivity contribution in [2.45, 2.75) is 26.3 Å². The van der Waals surface area contributed by atoms with Gasteiger partial charge >= 0.3 is 0 Å². The lowest BCUT2D eigenvalue weighted by Gasteiger charge is -2.37. The standard InChI is InChI=1S/C23H22Br2N4O2/c1-13-8-9-29(23(31)16-4-3-5-17(24)14(16)2)12-20(13)28-22(30)19-7-6-15-10-26-11-18(25)21(15)27-19/h3-7,10-11,13,20H,8-9,12H2,1-2H3,(H,28,30). The average Bonchev–Trinajstić information content (AvgIpc) is 2.76. The summed E-state index contributed by atoms with van der Waals surface area (Å²) < 4.78 is 1.66. The molecule has 2 aromatic heterocycles. The Hall–Kier alpha value is -2.32. The van der Waals surface area contributed by atoms with Crippen molar-refractivity contribution in [3.63, 3.8) is 0 Å². The molecule has 1 saturated heterocycles. The highest BCUT2D eigenvalue weighted by Gasteiger charge is 2.31. The van der Waals surface area contributed by atoms with Gasteiger partial charge < -0.3 is 10.2 Å². The van der Waals surface area contributed by atoms with E-state index in [1.165, 1.54) is 0 Å². The zero-order valence-electron chi connectivity index (χ0n) is 17.2. The molecule has 1 aliphatic heterocycles. The van der Waals surface area contributed by atoms with Gasteiger partial charge in [0.2, 0.25) is 0 Å². The minimum absolute atomic E-state index is 0.00907. The summed E-state index contributed by atoms with van der Waals surface area (Å²) in [6.07, 6.45) is 4.20. The lowest BCUT2D eigenvalue weighted by Crippen LogP contribution is -2.53. The molecule has 0 spiro atoms. The molecule has 0 bridgehead atoms. The molecule has 0 radical (unpaired) electrons. The van der Waals surface area contributed by atoms with E-state index in [0.29, 0.717) is 29.9 Å². The highest BCUT2D eigenvalue weighted by Crippen LogP contribution is 2.25. The summed E-state index contributed by atoms with van der Waals surface area (Å²) in [6.45, 7) is 5.18. The van der Waals surface area contributed by atoms with Crippen LogP contribution >= 0.6 is 31.9 Å². The molecule has 6 nitrogen and oxygen atoms in total. The van der Waals surface area contributed by atoms with Crippen molar-refractivity contribution in [2.75, 3.05) is 13.1 Å². The third kappa shape index (κ3) is 4.50. The van der Waals surface area contributed by atoms with E-state index in [4.69, 9.17) is 0 Å². The zero-order valence-corrected chi connectivity index (χ0v) is 20.4. The molecule has 3 heterocycles. The number of carbonyl (C=O) groups is 2. The molecule has 8 heteroatoms. The summed E-state index contributed by atoms with van der Waals surface area (Å²) in [5.74, 6) is 0.00797. The number of hydrogen-bond donors (Lipinski definition) is 1.